The van der Waals surface area contributed by atoms with E-state index in [1.165, 1.54) is 24.2 Å². The number of nitrogens with one attached hydrogen (secondary N) is 2. The maximum Gasteiger partial charge on any atom is 0.407 e. The van der Waals surface area contributed by atoms with Gasteiger partial charge in [-0.25, -0.2) is 9.59 Å². The molecule has 1 saturated carbocycles. The standard InChI is InChI=1S/C28H43ClN4O5/c1-28(38-19-25(34)30-2,21-11-7-13-23(29)16-21)22-12-8-14-33(17-22)26(35)31-24(18-32(3)27(36)37)15-20-9-5-4-6-10-20/h7,11,13,16,20,22,24H,4-6,8-10,12,14-15,17-19H2,1-3H3,(H,30,34)(H,31,35)(H,36,37)/t22-,24+,28+/m1/s1. The van der Waals surface area contributed by atoms with Crippen LogP contribution in [0.15, 0.2) is 24.3 Å². The fourth-order valence-electron chi connectivity index (χ4n) is 5.81. The Bertz CT molecular complexity index is 957. The number of nitrogens with zero attached hydrogens (tertiary/aromatic N) is 2. The van der Waals surface area contributed by atoms with Gasteiger partial charge in [-0.05, 0) is 49.8 Å². The average molecular weight is 551 g/mol. The van der Waals surface area contributed by atoms with Gasteiger partial charge in [-0.2, -0.15) is 0 Å². The van der Waals surface area contributed by atoms with Crippen molar-refractivity contribution in [3.63, 3.8) is 0 Å². The highest BCUT2D eigenvalue weighted by molar-refractivity contribution is 6.30. The van der Waals surface area contributed by atoms with Crippen LogP contribution in [-0.2, 0) is 15.1 Å². The van der Waals surface area contributed by atoms with Crippen LogP contribution in [0, 0.1) is 11.8 Å². The fraction of sp³-hybridized carbons (Fsp3) is 0.679. The van der Waals surface area contributed by atoms with Crippen LogP contribution in [0.2, 0.25) is 5.02 Å². The van der Waals surface area contributed by atoms with E-state index < -0.39 is 11.7 Å². The van der Waals surface area contributed by atoms with Crippen molar-refractivity contribution in [2.75, 3.05) is 40.3 Å². The quantitative estimate of drug-likeness (QED) is 0.391. The number of carboxylic acid groups (broad SMARTS) is 1. The first kappa shape index (κ1) is 30.0. The lowest BCUT2D eigenvalue weighted by atomic mass is 9.78. The number of carbonyl (C=O) groups is 3. The van der Waals surface area contributed by atoms with E-state index in [4.69, 9.17) is 16.3 Å². The van der Waals surface area contributed by atoms with E-state index in [0.29, 0.717) is 24.0 Å². The molecule has 0 spiro atoms. The SMILES string of the molecule is CNC(=O)CO[C@@](C)(c1cccc(Cl)c1)[C@@H]1CCCN(C(=O)N[C@@H](CC2CCCCC2)CN(C)C(=O)O)C1. The molecule has 1 aromatic carbocycles. The Labute approximate surface area is 231 Å². The normalized spacial score (nSPS) is 20.7. The van der Waals surface area contributed by atoms with Gasteiger partial charge in [0.2, 0.25) is 5.91 Å². The van der Waals surface area contributed by atoms with E-state index in [0.717, 1.165) is 37.7 Å². The number of ether oxygens (including phenoxy) is 1. The average Bonchev–Trinajstić information content (AvgIpc) is 2.92. The molecule has 38 heavy (non-hydrogen) atoms. The van der Waals surface area contributed by atoms with Crippen molar-refractivity contribution in [1.29, 1.82) is 0 Å². The van der Waals surface area contributed by atoms with E-state index in [9.17, 15) is 19.5 Å². The van der Waals surface area contributed by atoms with Gasteiger partial charge in [0.1, 0.15) is 6.61 Å². The molecule has 212 valence electrons. The largest absolute Gasteiger partial charge is 0.465 e. The van der Waals surface area contributed by atoms with Gasteiger partial charge in [0, 0.05) is 50.7 Å². The molecule has 2 fully saturated rings. The Balaban J connectivity index is 1.74. The van der Waals surface area contributed by atoms with Crippen molar-refractivity contribution < 1.29 is 24.2 Å². The zero-order valence-corrected chi connectivity index (χ0v) is 23.6. The highest BCUT2D eigenvalue weighted by atomic mass is 35.5. The Morgan fingerprint density at radius 3 is 2.61 bits per heavy atom. The lowest BCUT2D eigenvalue weighted by molar-refractivity contribution is -0.140. The van der Waals surface area contributed by atoms with Crippen LogP contribution in [0.25, 0.3) is 0 Å². The minimum atomic E-state index is -1.00. The molecule has 0 bridgehead atoms. The lowest BCUT2D eigenvalue weighted by Crippen LogP contribution is -2.54. The second-order valence-electron chi connectivity index (χ2n) is 10.9. The summed E-state index contributed by atoms with van der Waals surface area (Å²) < 4.78 is 6.25. The van der Waals surface area contributed by atoms with Crippen LogP contribution >= 0.6 is 11.6 Å². The van der Waals surface area contributed by atoms with Gasteiger partial charge >= 0.3 is 12.1 Å². The topological polar surface area (TPSA) is 111 Å². The molecule has 1 aromatic rings. The summed E-state index contributed by atoms with van der Waals surface area (Å²) in [6.45, 7) is 3.17. The van der Waals surface area contributed by atoms with Crippen LogP contribution in [0.1, 0.15) is 63.9 Å². The zero-order chi connectivity index (χ0) is 27.7. The molecule has 4 amide bonds. The summed E-state index contributed by atoms with van der Waals surface area (Å²) >= 11 is 6.30. The lowest BCUT2D eigenvalue weighted by Gasteiger charge is -2.44. The third-order valence-electron chi connectivity index (χ3n) is 8.16. The van der Waals surface area contributed by atoms with Crippen molar-refractivity contribution in [2.45, 2.75) is 69.9 Å². The number of carbonyl (C=O) groups excluding carboxylic acids is 2. The van der Waals surface area contributed by atoms with Gasteiger partial charge in [0.15, 0.2) is 0 Å². The van der Waals surface area contributed by atoms with Crippen LogP contribution in [0.3, 0.4) is 0 Å². The van der Waals surface area contributed by atoms with E-state index >= 15 is 0 Å². The Kier molecular flexibility index (Phi) is 11.1. The van der Waals surface area contributed by atoms with Gasteiger partial charge in [-0.1, -0.05) is 55.8 Å². The van der Waals surface area contributed by atoms with Crippen molar-refractivity contribution in [3.8, 4) is 0 Å². The van der Waals surface area contributed by atoms with Crippen molar-refractivity contribution in [3.05, 3.63) is 34.9 Å². The molecule has 1 saturated heterocycles. The van der Waals surface area contributed by atoms with Gasteiger partial charge in [-0.3, -0.25) is 4.79 Å². The molecule has 1 aliphatic heterocycles. The summed E-state index contributed by atoms with van der Waals surface area (Å²) in [5.41, 5.74) is 0.0286. The number of urea groups is 1. The van der Waals surface area contributed by atoms with Crippen LogP contribution < -0.4 is 10.6 Å². The molecule has 3 atom stereocenters. The van der Waals surface area contributed by atoms with E-state index in [2.05, 4.69) is 10.6 Å². The monoisotopic (exact) mass is 550 g/mol. The summed E-state index contributed by atoms with van der Waals surface area (Å²) in [6.07, 6.45) is 7.24. The number of benzene rings is 1. The zero-order valence-electron chi connectivity index (χ0n) is 22.9. The first-order chi connectivity index (χ1) is 18.1. The van der Waals surface area contributed by atoms with Gasteiger partial charge < -0.3 is 30.3 Å². The third-order valence-corrected chi connectivity index (χ3v) is 8.39. The minimum absolute atomic E-state index is 0.0661. The summed E-state index contributed by atoms with van der Waals surface area (Å²) in [7, 11) is 3.11. The van der Waals surface area contributed by atoms with E-state index in [-0.39, 0.29) is 37.0 Å². The number of piperidine rings is 1. The molecule has 0 radical (unpaired) electrons. The summed E-state index contributed by atoms with van der Waals surface area (Å²) in [6, 6.07) is 7.01. The first-order valence-corrected chi connectivity index (χ1v) is 14.1. The van der Waals surface area contributed by atoms with Crippen molar-refractivity contribution in [2.24, 2.45) is 11.8 Å². The second-order valence-corrected chi connectivity index (χ2v) is 11.4. The summed E-state index contributed by atoms with van der Waals surface area (Å²) in [5.74, 6) is 0.204. The molecular formula is C28H43ClN4O5. The predicted octanol–water partition coefficient (Wildman–Crippen LogP) is 4.69. The highest BCUT2D eigenvalue weighted by Crippen LogP contribution is 2.39. The van der Waals surface area contributed by atoms with Crippen LogP contribution in [-0.4, -0.2) is 79.3 Å². The molecule has 0 aromatic heterocycles. The first-order valence-electron chi connectivity index (χ1n) is 13.7. The van der Waals surface area contributed by atoms with Crippen molar-refractivity contribution in [1.82, 2.24) is 20.4 Å². The number of halogens is 1. The van der Waals surface area contributed by atoms with Crippen LogP contribution in [0.4, 0.5) is 9.59 Å². The Hall–Kier alpha value is -2.52. The number of likely N-dealkylation sites (N-methyl/N-ethyl adjacent to an activating group) is 2. The highest BCUT2D eigenvalue weighted by Gasteiger charge is 2.41. The number of hydrogen-bond acceptors (Lipinski definition) is 4. The smallest absolute Gasteiger partial charge is 0.407 e. The van der Waals surface area contributed by atoms with Crippen LogP contribution in [0.5, 0.6) is 0 Å². The van der Waals surface area contributed by atoms with Gasteiger partial charge in [0.05, 0.1) is 5.60 Å². The predicted molar refractivity (Wildman–Crippen MR) is 147 cm³/mol. The third kappa shape index (κ3) is 8.24. The number of amides is 4. The maximum atomic E-state index is 13.5. The number of rotatable bonds is 10. The van der Waals surface area contributed by atoms with Gasteiger partial charge in [0.25, 0.3) is 0 Å². The fourth-order valence-corrected chi connectivity index (χ4v) is 6.00. The molecule has 1 heterocycles. The molecule has 1 aliphatic carbocycles. The van der Waals surface area contributed by atoms with Crippen molar-refractivity contribution >= 4 is 29.6 Å². The summed E-state index contributed by atoms with van der Waals surface area (Å²) in [4.78, 5) is 40.1. The molecule has 9 nitrogen and oxygen atoms in total. The molecule has 3 N–H and O–H groups in total. The molecular weight excluding hydrogens is 508 g/mol. The molecule has 10 heteroatoms. The molecule has 3 rings (SSSR count). The Morgan fingerprint density at radius 1 is 1.21 bits per heavy atom. The van der Waals surface area contributed by atoms with E-state index in [1.54, 1.807) is 25.1 Å². The maximum absolute atomic E-state index is 13.5. The van der Waals surface area contributed by atoms with E-state index in [1.807, 2.05) is 25.1 Å². The number of likely N-dealkylation sites (tertiary alicyclic amines) is 1. The minimum Gasteiger partial charge on any atom is -0.465 e. The molecule has 0 unspecified atom stereocenters. The second kappa shape index (κ2) is 14.0. The Morgan fingerprint density at radius 2 is 1.95 bits per heavy atom. The molecule has 2 aliphatic rings. The van der Waals surface area contributed by atoms with Gasteiger partial charge in [-0.15, -0.1) is 0 Å². The summed E-state index contributed by atoms with van der Waals surface area (Å²) in [5, 5.41) is 15.8. The number of hydrogen-bond donors (Lipinski definition) is 3.